The van der Waals surface area contributed by atoms with E-state index in [1.54, 1.807) is 12.3 Å². The quantitative estimate of drug-likeness (QED) is 0.891. The fourth-order valence-corrected chi connectivity index (χ4v) is 2.70. The first-order valence-corrected chi connectivity index (χ1v) is 7.57. The van der Waals surface area contributed by atoms with E-state index < -0.39 is 15.6 Å². The number of sulfonamides is 1. The monoisotopic (exact) mass is 295 g/mol. The Hall–Kier alpha value is -1.80. The van der Waals surface area contributed by atoms with Crippen molar-refractivity contribution in [3.8, 4) is 11.5 Å². The van der Waals surface area contributed by atoms with E-state index in [9.17, 15) is 8.42 Å². The maximum absolute atomic E-state index is 11.7. The molecule has 2 N–H and O–H groups in total. The first kappa shape index (κ1) is 14.6. The molecule has 0 atom stereocenters. The number of hydrogen-bond acceptors (Lipinski definition) is 5. The third-order valence-electron chi connectivity index (χ3n) is 2.78. The topological polar surface area (TPSA) is 104 Å². The van der Waals surface area contributed by atoms with Crippen molar-refractivity contribution in [3.05, 3.63) is 23.9 Å². The summed E-state index contributed by atoms with van der Waals surface area (Å²) < 4.78 is 24.8. The van der Waals surface area contributed by atoms with Crippen LogP contribution in [0.5, 0.6) is 0 Å². The zero-order valence-electron chi connectivity index (χ0n) is 11.8. The molecule has 2 heterocycles. The van der Waals surface area contributed by atoms with Gasteiger partial charge in [0.1, 0.15) is 5.69 Å². The molecule has 0 spiro atoms. The summed E-state index contributed by atoms with van der Waals surface area (Å²) in [6.45, 7) is 7.44. The molecule has 7 nitrogen and oxygen atoms in total. The highest BCUT2D eigenvalue weighted by Gasteiger charge is 2.30. The molecular weight excluding hydrogens is 278 g/mol. The third kappa shape index (κ3) is 2.56. The van der Waals surface area contributed by atoms with E-state index >= 15 is 0 Å². The van der Waals surface area contributed by atoms with Gasteiger partial charge in [0.05, 0.1) is 0 Å². The number of aryl methyl sites for hydroxylation is 1. The first-order valence-electron chi connectivity index (χ1n) is 6.03. The van der Waals surface area contributed by atoms with Crippen molar-refractivity contribution < 1.29 is 8.42 Å². The molecule has 2 aromatic rings. The minimum Gasteiger partial charge on any atom is -0.290 e. The second kappa shape index (κ2) is 4.64. The van der Waals surface area contributed by atoms with Crippen LogP contribution in [0.2, 0.25) is 0 Å². The smallest absolute Gasteiger partial charge is 0.273 e. The van der Waals surface area contributed by atoms with E-state index in [0.29, 0.717) is 11.5 Å². The molecule has 2 aromatic heterocycles. The number of pyridine rings is 1. The Morgan fingerprint density at radius 2 is 1.90 bits per heavy atom. The van der Waals surface area contributed by atoms with E-state index in [2.05, 4.69) is 15.2 Å². The van der Waals surface area contributed by atoms with Crippen LogP contribution in [0.3, 0.4) is 0 Å². The molecule has 0 bridgehead atoms. The maximum atomic E-state index is 11.7. The van der Waals surface area contributed by atoms with Crippen molar-refractivity contribution in [1.29, 1.82) is 0 Å². The van der Waals surface area contributed by atoms with Crippen LogP contribution in [-0.2, 0) is 15.6 Å². The summed E-state index contributed by atoms with van der Waals surface area (Å²) in [5.74, 6) is 0.389. The van der Waals surface area contributed by atoms with Crippen LogP contribution in [-0.4, -0.2) is 28.2 Å². The predicted octanol–water partition coefficient (Wildman–Crippen LogP) is 1.05. The fraction of sp³-hybridized carbons (Fsp3) is 0.417. The molecule has 20 heavy (non-hydrogen) atoms. The molecule has 0 fully saturated rings. The number of nitrogens with zero attached hydrogens (tertiary/aromatic N) is 4. The normalized spacial score (nSPS) is 12.7. The highest BCUT2D eigenvalue weighted by atomic mass is 32.2. The zero-order valence-corrected chi connectivity index (χ0v) is 12.6. The van der Waals surface area contributed by atoms with Crippen molar-refractivity contribution in [2.75, 3.05) is 0 Å². The summed E-state index contributed by atoms with van der Waals surface area (Å²) in [6, 6.07) is 3.68. The number of nitrogens with two attached hydrogens (primary N) is 1. The van der Waals surface area contributed by atoms with Crippen LogP contribution in [0.25, 0.3) is 11.5 Å². The molecular formula is C12H17N5O2S. The van der Waals surface area contributed by atoms with Gasteiger partial charge in [0.25, 0.3) is 15.2 Å². The largest absolute Gasteiger partial charge is 0.290 e. The summed E-state index contributed by atoms with van der Waals surface area (Å²) in [7, 11) is -3.96. The van der Waals surface area contributed by atoms with Crippen molar-refractivity contribution in [1.82, 2.24) is 19.7 Å². The van der Waals surface area contributed by atoms with E-state index in [1.807, 2.05) is 33.8 Å². The van der Waals surface area contributed by atoms with E-state index in [-0.39, 0.29) is 5.16 Å². The molecule has 0 saturated carbocycles. The predicted molar refractivity (Wildman–Crippen MR) is 74.4 cm³/mol. The first-order chi connectivity index (χ1) is 9.12. The summed E-state index contributed by atoms with van der Waals surface area (Å²) in [5, 5.41) is 12.7. The maximum Gasteiger partial charge on any atom is 0.273 e. The Morgan fingerprint density at radius 1 is 1.25 bits per heavy atom. The highest BCUT2D eigenvalue weighted by Crippen LogP contribution is 2.27. The Balaban J connectivity index is 2.81. The van der Waals surface area contributed by atoms with Crippen molar-refractivity contribution in [3.63, 3.8) is 0 Å². The van der Waals surface area contributed by atoms with Crippen LogP contribution in [0.4, 0.5) is 0 Å². The van der Waals surface area contributed by atoms with Crippen molar-refractivity contribution in [2.24, 2.45) is 5.14 Å². The Morgan fingerprint density at radius 3 is 2.40 bits per heavy atom. The molecule has 0 radical (unpaired) electrons. The number of aromatic nitrogens is 4. The molecule has 0 saturated heterocycles. The second-order valence-electron chi connectivity index (χ2n) is 5.53. The second-order valence-corrected chi connectivity index (χ2v) is 6.98. The molecule has 2 rings (SSSR count). The molecule has 0 aliphatic heterocycles. The Kier molecular flexibility index (Phi) is 3.39. The van der Waals surface area contributed by atoms with Crippen LogP contribution >= 0.6 is 0 Å². The molecule has 0 aromatic carbocycles. The minimum absolute atomic E-state index is 0.259. The van der Waals surface area contributed by atoms with Crippen molar-refractivity contribution in [2.45, 2.75) is 38.4 Å². The fourth-order valence-electron chi connectivity index (χ4n) is 1.93. The molecule has 0 amide bonds. The van der Waals surface area contributed by atoms with Gasteiger partial charge in [-0.25, -0.2) is 13.6 Å². The van der Waals surface area contributed by atoms with Gasteiger partial charge >= 0.3 is 0 Å². The van der Waals surface area contributed by atoms with Gasteiger partial charge in [-0.15, -0.1) is 10.2 Å². The number of rotatable bonds is 2. The molecule has 8 heteroatoms. The standard InChI is InChI=1S/C12H17N5O2S/c1-8-6-5-7-14-9(8)10-15-16-11(20(13,18)19)17(10)12(2,3)4/h5-7H,1-4H3,(H2,13,18,19). The van der Waals surface area contributed by atoms with Crippen LogP contribution < -0.4 is 5.14 Å². The van der Waals surface area contributed by atoms with Gasteiger partial charge in [0, 0.05) is 11.7 Å². The van der Waals surface area contributed by atoms with Gasteiger partial charge in [-0.05, 0) is 39.3 Å². The van der Waals surface area contributed by atoms with Gasteiger partial charge in [-0.2, -0.15) is 0 Å². The average Bonchev–Trinajstić information content (AvgIpc) is 2.73. The summed E-state index contributed by atoms with van der Waals surface area (Å²) in [5.41, 5.74) is 0.918. The molecule has 108 valence electrons. The molecule has 0 aliphatic carbocycles. The number of primary sulfonamides is 1. The molecule has 0 unspecified atom stereocenters. The van der Waals surface area contributed by atoms with E-state index in [0.717, 1.165) is 5.56 Å². The van der Waals surface area contributed by atoms with Gasteiger partial charge in [-0.3, -0.25) is 9.55 Å². The van der Waals surface area contributed by atoms with Gasteiger partial charge < -0.3 is 0 Å². The third-order valence-corrected chi connectivity index (χ3v) is 3.55. The average molecular weight is 295 g/mol. The summed E-state index contributed by atoms with van der Waals surface area (Å²) >= 11 is 0. The van der Waals surface area contributed by atoms with Gasteiger partial charge in [0.15, 0.2) is 5.82 Å². The Bertz CT molecular complexity index is 743. The molecule has 0 aliphatic rings. The van der Waals surface area contributed by atoms with Crippen LogP contribution in [0.1, 0.15) is 26.3 Å². The SMILES string of the molecule is Cc1cccnc1-c1nnc(S(N)(=O)=O)n1C(C)(C)C. The van der Waals surface area contributed by atoms with Gasteiger partial charge in [0.2, 0.25) is 0 Å². The summed E-state index contributed by atoms with van der Waals surface area (Å²) in [6.07, 6.45) is 1.63. The van der Waals surface area contributed by atoms with Crippen LogP contribution in [0, 0.1) is 6.92 Å². The lowest BCUT2D eigenvalue weighted by Gasteiger charge is -2.24. The minimum atomic E-state index is -3.96. The highest BCUT2D eigenvalue weighted by molar-refractivity contribution is 7.89. The van der Waals surface area contributed by atoms with Crippen LogP contribution in [0.15, 0.2) is 23.5 Å². The van der Waals surface area contributed by atoms with E-state index in [4.69, 9.17) is 5.14 Å². The zero-order chi connectivity index (χ0) is 15.1. The van der Waals surface area contributed by atoms with Crippen molar-refractivity contribution >= 4 is 10.0 Å². The summed E-state index contributed by atoms with van der Waals surface area (Å²) in [4.78, 5) is 4.26. The lowest BCUT2D eigenvalue weighted by molar-refractivity contribution is 0.365. The lowest BCUT2D eigenvalue weighted by Crippen LogP contribution is -2.29. The van der Waals surface area contributed by atoms with Gasteiger partial charge in [-0.1, -0.05) is 6.07 Å². The number of hydrogen-bond donors (Lipinski definition) is 1. The Labute approximate surface area is 117 Å². The lowest BCUT2D eigenvalue weighted by atomic mass is 10.1. The van der Waals surface area contributed by atoms with E-state index in [1.165, 1.54) is 4.57 Å².